The number of ether oxygens (including phenoxy) is 1. The predicted molar refractivity (Wildman–Crippen MR) is 107 cm³/mol. The highest BCUT2D eigenvalue weighted by atomic mass is 16.5. The molecular formula is C22H24N2O3. The molecule has 0 unspecified atom stereocenters. The number of methoxy groups -OCH3 is 1. The zero-order valence-corrected chi connectivity index (χ0v) is 16.0. The SMILES string of the molecule is COc1ccccc1N1CCN(C(=O)c2oc3ccc(C)cc3c2C)CC1. The van der Waals surface area contributed by atoms with E-state index in [0.717, 1.165) is 46.6 Å². The average molecular weight is 364 g/mol. The van der Waals surface area contributed by atoms with E-state index in [-0.39, 0.29) is 5.91 Å². The first-order chi connectivity index (χ1) is 13.1. The molecule has 4 rings (SSSR count). The zero-order valence-electron chi connectivity index (χ0n) is 16.0. The van der Waals surface area contributed by atoms with E-state index < -0.39 is 0 Å². The van der Waals surface area contributed by atoms with Crippen LogP contribution in [0.1, 0.15) is 21.7 Å². The average Bonchev–Trinajstić information content (AvgIpc) is 3.03. The number of para-hydroxylation sites is 2. The molecule has 1 aromatic heterocycles. The van der Waals surface area contributed by atoms with E-state index in [4.69, 9.17) is 9.15 Å². The fraction of sp³-hybridized carbons (Fsp3) is 0.318. The third kappa shape index (κ3) is 3.14. The Labute approximate surface area is 159 Å². The normalized spacial score (nSPS) is 14.6. The van der Waals surface area contributed by atoms with Crippen LogP contribution in [0.5, 0.6) is 5.75 Å². The van der Waals surface area contributed by atoms with Crippen LogP contribution in [0.4, 0.5) is 5.69 Å². The third-order valence-electron chi connectivity index (χ3n) is 5.28. The molecule has 0 N–H and O–H groups in total. The van der Waals surface area contributed by atoms with Gasteiger partial charge in [0.1, 0.15) is 11.3 Å². The zero-order chi connectivity index (χ0) is 19.0. The van der Waals surface area contributed by atoms with Crippen molar-refractivity contribution in [1.29, 1.82) is 0 Å². The number of fused-ring (bicyclic) bond motifs is 1. The molecule has 0 aliphatic carbocycles. The Bertz CT molecular complexity index is 984. The van der Waals surface area contributed by atoms with Crippen molar-refractivity contribution in [3.63, 3.8) is 0 Å². The molecule has 0 atom stereocenters. The van der Waals surface area contributed by atoms with Gasteiger partial charge in [0.25, 0.3) is 5.91 Å². The summed E-state index contributed by atoms with van der Waals surface area (Å²) in [5.74, 6) is 1.29. The van der Waals surface area contributed by atoms with Crippen molar-refractivity contribution in [1.82, 2.24) is 4.90 Å². The number of rotatable bonds is 3. The number of hydrogen-bond acceptors (Lipinski definition) is 4. The Morgan fingerprint density at radius 2 is 1.78 bits per heavy atom. The van der Waals surface area contributed by atoms with Crippen LogP contribution in [0.15, 0.2) is 46.9 Å². The van der Waals surface area contributed by atoms with E-state index >= 15 is 0 Å². The van der Waals surface area contributed by atoms with Gasteiger partial charge in [-0.05, 0) is 38.1 Å². The highest BCUT2D eigenvalue weighted by Crippen LogP contribution is 2.30. The van der Waals surface area contributed by atoms with Gasteiger partial charge in [-0.3, -0.25) is 4.79 Å². The molecule has 27 heavy (non-hydrogen) atoms. The van der Waals surface area contributed by atoms with Gasteiger partial charge in [-0.25, -0.2) is 0 Å². The molecule has 0 radical (unpaired) electrons. The molecule has 0 bridgehead atoms. The van der Waals surface area contributed by atoms with Crippen molar-refractivity contribution in [3.8, 4) is 5.75 Å². The van der Waals surface area contributed by atoms with Crippen LogP contribution >= 0.6 is 0 Å². The molecule has 140 valence electrons. The van der Waals surface area contributed by atoms with E-state index in [1.807, 2.05) is 49.1 Å². The fourth-order valence-corrected chi connectivity index (χ4v) is 3.72. The Kier molecular flexibility index (Phi) is 4.52. The highest BCUT2D eigenvalue weighted by molar-refractivity contribution is 5.99. The molecule has 1 aliphatic rings. The second kappa shape index (κ2) is 6.99. The van der Waals surface area contributed by atoms with Crippen LogP contribution in [0.2, 0.25) is 0 Å². The van der Waals surface area contributed by atoms with E-state index in [1.165, 1.54) is 0 Å². The maximum absolute atomic E-state index is 13.0. The molecule has 1 saturated heterocycles. The summed E-state index contributed by atoms with van der Waals surface area (Å²) in [6, 6.07) is 14.0. The monoisotopic (exact) mass is 364 g/mol. The number of carbonyl (C=O) groups is 1. The van der Waals surface area contributed by atoms with Gasteiger partial charge in [0.15, 0.2) is 5.76 Å². The molecule has 1 fully saturated rings. The highest BCUT2D eigenvalue weighted by Gasteiger charge is 2.27. The lowest BCUT2D eigenvalue weighted by Crippen LogP contribution is -2.48. The van der Waals surface area contributed by atoms with Crippen molar-refractivity contribution in [2.24, 2.45) is 0 Å². The quantitative estimate of drug-likeness (QED) is 0.704. The lowest BCUT2D eigenvalue weighted by molar-refractivity contribution is 0.0716. The Morgan fingerprint density at radius 1 is 1.04 bits per heavy atom. The number of carbonyl (C=O) groups excluding carboxylic acids is 1. The Balaban J connectivity index is 1.51. The summed E-state index contributed by atoms with van der Waals surface area (Å²) >= 11 is 0. The molecule has 5 heteroatoms. The number of hydrogen-bond donors (Lipinski definition) is 0. The first kappa shape index (κ1) is 17.5. The van der Waals surface area contributed by atoms with Gasteiger partial charge >= 0.3 is 0 Å². The van der Waals surface area contributed by atoms with E-state index in [2.05, 4.69) is 17.0 Å². The van der Waals surface area contributed by atoms with Crippen LogP contribution < -0.4 is 9.64 Å². The minimum atomic E-state index is -0.0268. The van der Waals surface area contributed by atoms with Crippen LogP contribution in [0.25, 0.3) is 11.0 Å². The summed E-state index contributed by atoms with van der Waals surface area (Å²) in [5, 5.41) is 1.02. The number of furan rings is 1. The van der Waals surface area contributed by atoms with E-state index in [1.54, 1.807) is 7.11 Å². The molecule has 5 nitrogen and oxygen atoms in total. The van der Waals surface area contributed by atoms with Crippen LogP contribution in [-0.2, 0) is 0 Å². The van der Waals surface area contributed by atoms with Crippen molar-refractivity contribution < 1.29 is 13.9 Å². The number of benzene rings is 2. The molecule has 1 aliphatic heterocycles. The fourth-order valence-electron chi connectivity index (χ4n) is 3.72. The van der Waals surface area contributed by atoms with Crippen LogP contribution in [-0.4, -0.2) is 44.1 Å². The summed E-state index contributed by atoms with van der Waals surface area (Å²) in [6.07, 6.45) is 0. The van der Waals surface area contributed by atoms with Gasteiger partial charge in [0.05, 0.1) is 12.8 Å². The van der Waals surface area contributed by atoms with Gasteiger partial charge in [-0.15, -0.1) is 0 Å². The number of nitrogens with zero attached hydrogens (tertiary/aromatic N) is 2. The molecule has 1 amide bonds. The summed E-state index contributed by atoms with van der Waals surface area (Å²) in [4.78, 5) is 17.2. The third-order valence-corrected chi connectivity index (χ3v) is 5.28. The molecule has 2 aromatic carbocycles. The maximum Gasteiger partial charge on any atom is 0.290 e. The van der Waals surface area contributed by atoms with Crippen molar-refractivity contribution in [3.05, 3.63) is 59.4 Å². The van der Waals surface area contributed by atoms with Gasteiger partial charge in [0.2, 0.25) is 0 Å². The van der Waals surface area contributed by atoms with E-state index in [9.17, 15) is 4.79 Å². The summed E-state index contributed by atoms with van der Waals surface area (Å²) in [7, 11) is 1.69. The maximum atomic E-state index is 13.0. The first-order valence-electron chi connectivity index (χ1n) is 9.25. The Morgan fingerprint density at radius 3 is 2.52 bits per heavy atom. The number of anilines is 1. The second-order valence-electron chi connectivity index (χ2n) is 7.01. The number of piperazine rings is 1. The standard InChI is InChI=1S/C22H24N2O3/c1-15-8-9-19-17(14-15)16(2)21(27-19)22(25)24-12-10-23(11-13-24)18-6-4-5-7-20(18)26-3/h4-9,14H,10-13H2,1-3H3. The van der Waals surface area contributed by atoms with Gasteiger partial charge in [0, 0.05) is 37.1 Å². The van der Waals surface area contributed by atoms with Crippen molar-refractivity contribution in [2.45, 2.75) is 13.8 Å². The molecule has 0 spiro atoms. The molecule has 3 aromatic rings. The minimum Gasteiger partial charge on any atom is -0.495 e. The van der Waals surface area contributed by atoms with Crippen molar-refractivity contribution in [2.75, 3.05) is 38.2 Å². The second-order valence-corrected chi connectivity index (χ2v) is 7.01. The summed E-state index contributed by atoms with van der Waals surface area (Å²) < 4.78 is 11.4. The molecule has 2 heterocycles. The number of aryl methyl sites for hydroxylation is 2. The van der Waals surface area contributed by atoms with Crippen molar-refractivity contribution >= 4 is 22.6 Å². The topological polar surface area (TPSA) is 45.9 Å². The summed E-state index contributed by atoms with van der Waals surface area (Å²) in [5.41, 5.74) is 3.93. The first-order valence-corrected chi connectivity index (χ1v) is 9.25. The number of amides is 1. The van der Waals surface area contributed by atoms with Gasteiger partial charge in [-0.2, -0.15) is 0 Å². The predicted octanol–water partition coefficient (Wildman–Crippen LogP) is 4.02. The minimum absolute atomic E-state index is 0.0268. The van der Waals surface area contributed by atoms with E-state index in [0.29, 0.717) is 18.8 Å². The van der Waals surface area contributed by atoms with Gasteiger partial charge < -0.3 is 19.0 Å². The van der Waals surface area contributed by atoms with Crippen LogP contribution in [0.3, 0.4) is 0 Å². The lowest BCUT2D eigenvalue weighted by Gasteiger charge is -2.36. The molecule has 0 saturated carbocycles. The summed E-state index contributed by atoms with van der Waals surface area (Å²) in [6.45, 7) is 6.86. The Hall–Kier alpha value is -2.95. The van der Waals surface area contributed by atoms with Gasteiger partial charge in [-0.1, -0.05) is 23.8 Å². The van der Waals surface area contributed by atoms with Crippen LogP contribution in [0, 0.1) is 13.8 Å². The smallest absolute Gasteiger partial charge is 0.290 e. The lowest BCUT2D eigenvalue weighted by atomic mass is 10.1. The molecular weight excluding hydrogens is 340 g/mol. The largest absolute Gasteiger partial charge is 0.495 e.